The molecule has 1 aliphatic heterocycles. The standard InChI is InChI=1S/C24H14N2O2/c27-26(28)15-12-13-16-17-6-1-3-10-22(17)25-23-11-4-2-7-18(23)19-8-5-9-20(24(19)25)21(16)14-15/h1-14H. The minimum absolute atomic E-state index is 0.109. The molecule has 0 unspecified atom stereocenters. The summed E-state index contributed by atoms with van der Waals surface area (Å²) in [6.07, 6.45) is 0. The first kappa shape index (κ1) is 15.2. The van der Waals surface area contributed by atoms with E-state index < -0.39 is 0 Å². The highest BCUT2D eigenvalue weighted by molar-refractivity contribution is 6.16. The number of fused-ring (bicyclic) bond motifs is 8. The van der Waals surface area contributed by atoms with Crippen LogP contribution >= 0.6 is 0 Å². The van der Waals surface area contributed by atoms with Gasteiger partial charge in [-0.25, -0.2) is 0 Å². The number of hydrogen-bond donors (Lipinski definition) is 0. The normalized spacial score (nSPS) is 11.9. The monoisotopic (exact) mass is 362 g/mol. The number of non-ortho nitro benzene ring substituents is 1. The molecule has 0 bridgehead atoms. The summed E-state index contributed by atoms with van der Waals surface area (Å²) in [6.45, 7) is 0. The Morgan fingerprint density at radius 3 is 2.32 bits per heavy atom. The first-order valence-corrected chi connectivity index (χ1v) is 9.15. The Balaban J connectivity index is 1.91. The van der Waals surface area contributed by atoms with Crippen molar-refractivity contribution in [2.45, 2.75) is 0 Å². The molecule has 0 saturated carbocycles. The Morgan fingerprint density at radius 1 is 0.679 bits per heavy atom. The van der Waals surface area contributed by atoms with Gasteiger partial charge in [0.15, 0.2) is 0 Å². The largest absolute Gasteiger partial charge is 0.308 e. The number of aromatic nitrogens is 1. The van der Waals surface area contributed by atoms with E-state index in [1.54, 1.807) is 12.1 Å². The van der Waals surface area contributed by atoms with Gasteiger partial charge in [0.05, 0.1) is 21.6 Å². The molecule has 6 rings (SSSR count). The van der Waals surface area contributed by atoms with Crippen molar-refractivity contribution < 1.29 is 4.92 Å². The summed E-state index contributed by atoms with van der Waals surface area (Å²) in [5.41, 5.74) is 7.44. The summed E-state index contributed by atoms with van der Waals surface area (Å²) in [5.74, 6) is 0. The van der Waals surface area contributed by atoms with Crippen molar-refractivity contribution in [1.29, 1.82) is 0 Å². The van der Waals surface area contributed by atoms with Crippen LogP contribution in [0, 0.1) is 10.1 Å². The van der Waals surface area contributed by atoms with E-state index in [-0.39, 0.29) is 10.6 Å². The molecule has 4 heteroatoms. The van der Waals surface area contributed by atoms with E-state index in [1.165, 1.54) is 5.39 Å². The van der Waals surface area contributed by atoms with Crippen molar-refractivity contribution in [2.24, 2.45) is 0 Å². The van der Waals surface area contributed by atoms with Gasteiger partial charge in [-0.1, -0.05) is 54.6 Å². The molecule has 1 aliphatic rings. The molecule has 4 aromatic carbocycles. The van der Waals surface area contributed by atoms with Crippen molar-refractivity contribution in [3.63, 3.8) is 0 Å². The fourth-order valence-electron chi connectivity index (χ4n) is 4.49. The summed E-state index contributed by atoms with van der Waals surface area (Å²) in [5, 5.41) is 13.8. The molecule has 132 valence electrons. The Labute approximate surface area is 160 Å². The van der Waals surface area contributed by atoms with Crippen LogP contribution in [0.1, 0.15) is 0 Å². The topological polar surface area (TPSA) is 48.1 Å². The van der Waals surface area contributed by atoms with Crippen LogP contribution in [0.3, 0.4) is 0 Å². The SMILES string of the molecule is O=[N+]([O-])c1ccc2c(c1)-c1cccc3c4ccccc4n(c13)-c1ccccc1-2. The molecule has 2 heterocycles. The van der Waals surface area contributed by atoms with Gasteiger partial charge >= 0.3 is 0 Å². The van der Waals surface area contributed by atoms with E-state index in [2.05, 4.69) is 53.1 Å². The Hall–Kier alpha value is -3.92. The molecule has 0 aliphatic carbocycles. The van der Waals surface area contributed by atoms with Crippen LogP contribution in [0.5, 0.6) is 0 Å². The minimum atomic E-state index is -0.327. The van der Waals surface area contributed by atoms with Gasteiger partial charge in [-0.3, -0.25) is 10.1 Å². The molecule has 0 N–H and O–H groups in total. The summed E-state index contributed by atoms with van der Waals surface area (Å²) in [6, 6.07) is 28.0. The quantitative estimate of drug-likeness (QED) is 0.253. The first-order valence-electron chi connectivity index (χ1n) is 9.15. The third-order valence-electron chi connectivity index (χ3n) is 5.63. The number of benzene rings is 4. The molecule has 5 aromatic rings. The van der Waals surface area contributed by atoms with Gasteiger partial charge in [-0.2, -0.15) is 0 Å². The third kappa shape index (κ3) is 1.84. The lowest BCUT2D eigenvalue weighted by atomic mass is 9.93. The summed E-state index contributed by atoms with van der Waals surface area (Å²) in [4.78, 5) is 11.1. The van der Waals surface area contributed by atoms with E-state index in [0.29, 0.717) is 0 Å². The number of rotatable bonds is 1. The molecular weight excluding hydrogens is 348 g/mol. The van der Waals surface area contributed by atoms with Gasteiger partial charge in [0.25, 0.3) is 5.69 Å². The molecular formula is C24H14N2O2. The lowest BCUT2D eigenvalue weighted by Gasteiger charge is -2.12. The highest BCUT2D eigenvalue weighted by Crippen LogP contribution is 2.47. The van der Waals surface area contributed by atoms with Gasteiger partial charge in [0.2, 0.25) is 0 Å². The molecule has 1 aromatic heterocycles. The van der Waals surface area contributed by atoms with Crippen LogP contribution in [-0.4, -0.2) is 9.49 Å². The van der Waals surface area contributed by atoms with Crippen LogP contribution in [0.15, 0.2) is 84.9 Å². The second-order valence-corrected chi connectivity index (χ2v) is 7.06. The summed E-state index contributed by atoms with van der Waals surface area (Å²) < 4.78 is 2.29. The number of para-hydroxylation sites is 3. The second kappa shape index (κ2) is 5.30. The van der Waals surface area contributed by atoms with Gasteiger partial charge < -0.3 is 4.57 Å². The third-order valence-corrected chi connectivity index (χ3v) is 5.63. The fourth-order valence-corrected chi connectivity index (χ4v) is 4.49. The minimum Gasteiger partial charge on any atom is -0.308 e. The maximum Gasteiger partial charge on any atom is 0.270 e. The van der Waals surface area contributed by atoms with Crippen molar-refractivity contribution in [3.05, 3.63) is 95.0 Å². The van der Waals surface area contributed by atoms with Crippen LogP contribution < -0.4 is 0 Å². The van der Waals surface area contributed by atoms with Crippen LogP contribution in [0.4, 0.5) is 5.69 Å². The lowest BCUT2D eigenvalue weighted by molar-refractivity contribution is -0.384. The number of nitrogens with zero attached hydrogens (tertiary/aromatic N) is 2. The Kier molecular flexibility index (Phi) is 2.87. The predicted octanol–water partition coefficient (Wildman–Crippen LogP) is 6.34. The average molecular weight is 362 g/mol. The average Bonchev–Trinajstić information content (AvgIpc) is 3.01. The molecule has 0 fully saturated rings. The van der Waals surface area contributed by atoms with E-state index in [1.807, 2.05) is 24.3 Å². The molecule has 0 saturated heterocycles. The Bertz CT molecular complexity index is 1450. The first-order chi connectivity index (χ1) is 13.7. The van der Waals surface area contributed by atoms with Gasteiger partial charge in [0.1, 0.15) is 0 Å². The van der Waals surface area contributed by atoms with E-state index in [4.69, 9.17) is 0 Å². The fraction of sp³-hybridized carbons (Fsp3) is 0. The molecule has 28 heavy (non-hydrogen) atoms. The van der Waals surface area contributed by atoms with Crippen molar-refractivity contribution in [2.75, 3.05) is 0 Å². The van der Waals surface area contributed by atoms with Gasteiger partial charge in [0, 0.05) is 34.0 Å². The van der Waals surface area contributed by atoms with Gasteiger partial charge in [-0.05, 0) is 29.3 Å². The smallest absolute Gasteiger partial charge is 0.270 e. The van der Waals surface area contributed by atoms with Gasteiger partial charge in [-0.15, -0.1) is 0 Å². The zero-order valence-electron chi connectivity index (χ0n) is 14.8. The highest BCUT2D eigenvalue weighted by atomic mass is 16.6. The predicted molar refractivity (Wildman–Crippen MR) is 112 cm³/mol. The maximum atomic E-state index is 11.4. The Morgan fingerprint density at radius 2 is 1.43 bits per heavy atom. The second-order valence-electron chi connectivity index (χ2n) is 7.06. The number of nitro benzene ring substituents is 1. The highest BCUT2D eigenvalue weighted by Gasteiger charge is 2.25. The van der Waals surface area contributed by atoms with Crippen molar-refractivity contribution >= 4 is 27.5 Å². The number of nitro groups is 1. The zero-order chi connectivity index (χ0) is 18.8. The molecule has 0 amide bonds. The van der Waals surface area contributed by atoms with E-state index >= 15 is 0 Å². The summed E-state index contributed by atoms with van der Waals surface area (Å²) >= 11 is 0. The maximum absolute atomic E-state index is 11.4. The van der Waals surface area contributed by atoms with E-state index in [9.17, 15) is 10.1 Å². The van der Waals surface area contributed by atoms with E-state index in [0.717, 1.165) is 44.4 Å². The molecule has 0 atom stereocenters. The van der Waals surface area contributed by atoms with Crippen molar-refractivity contribution in [3.8, 4) is 27.9 Å². The summed E-state index contributed by atoms with van der Waals surface area (Å²) in [7, 11) is 0. The molecule has 0 spiro atoms. The zero-order valence-corrected chi connectivity index (χ0v) is 14.8. The lowest BCUT2D eigenvalue weighted by Crippen LogP contribution is -1.95. The van der Waals surface area contributed by atoms with Crippen LogP contribution in [-0.2, 0) is 0 Å². The molecule has 0 radical (unpaired) electrons. The van der Waals surface area contributed by atoms with Crippen molar-refractivity contribution in [1.82, 2.24) is 4.57 Å². The number of hydrogen-bond acceptors (Lipinski definition) is 2. The molecule has 4 nitrogen and oxygen atoms in total. The van der Waals surface area contributed by atoms with Crippen LogP contribution in [0.25, 0.3) is 49.7 Å². The van der Waals surface area contributed by atoms with Crippen LogP contribution in [0.2, 0.25) is 0 Å².